The molecule has 84 valence electrons. The van der Waals surface area contributed by atoms with Crippen molar-refractivity contribution in [1.82, 2.24) is 9.97 Å². The van der Waals surface area contributed by atoms with Crippen LogP contribution >= 0.6 is 11.6 Å². The quantitative estimate of drug-likeness (QED) is 0.725. The van der Waals surface area contributed by atoms with E-state index in [-0.39, 0.29) is 0 Å². The fraction of sp³-hybridized carbons (Fsp3) is 0.636. The van der Waals surface area contributed by atoms with Gasteiger partial charge in [0.2, 0.25) is 0 Å². The van der Waals surface area contributed by atoms with E-state index in [2.05, 4.69) is 35.6 Å². The van der Waals surface area contributed by atoms with Gasteiger partial charge in [0.05, 0.1) is 24.0 Å². The summed E-state index contributed by atoms with van der Waals surface area (Å²) in [7, 11) is 0. The van der Waals surface area contributed by atoms with Crippen LogP contribution in [0.4, 0.5) is 5.82 Å². The predicted molar refractivity (Wildman–Crippen MR) is 64.3 cm³/mol. The van der Waals surface area contributed by atoms with Crippen molar-refractivity contribution in [1.29, 1.82) is 0 Å². The van der Waals surface area contributed by atoms with Crippen molar-refractivity contribution in [3.63, 3.8) is 0 Å². The Morgan fingerprint density at radius 1 is 1.33 bits per heavy atom. The molecule has 0 radical (unpaired) electrons. The van der Waals surface area contributed by atoms with Crippen molar-refractivity contribution < 1.29 is 0 Å². The van der Waals surface area contributed by atoms with Crippen LogP contribution < -0.4 is 4.90 Å². The van der Waals surface area contributed by atoms with Gasteiger partial charge in [-0.15, -0.1) is 11.6 Å². The van der Waals surface area contributed by atoms with E-state index in [1.807, 2.05) is 0 Å². The fourth-order valence-corrected chi connectivity index (χ4v) is 1.54. The summed E-state index contributed by atoms with van der Waals surface area (Å²) in [6, 6.07) is 0. The van der Waals surface area contributed by atoms with Gasteiger partial charge in [-0.3, -0.25) is 4.98 Å². The molecule has 4 heteroatoms. The highest BCUT2D eigenvalue weighted by atomic mass is 35.5. The highest BCUT2D eigenvalue weighted by Crippen LogP contribution is 2.11. The Hall–Kier alpha value is -0.830. The molecule has 1 heterocycles. The molecule has 1 aromatic rings. The van der Waals surface area contributed by atoms with Crippen molar-refractivity contribution in [2.45, 2.75) is 26.7 Å². The normalized spacial score (nSPS) is 10.7. The van der Waals surface area contributed by atoms with E-state index in [1.54, 1.807) is 12.4 Å². The van der Waals surface area contributed by atoms with Crippen LogP contribution in [0, 0.1) is 5.92 Å². The van der Waals surface area contributed by atoms with E-state index in [1.165, 1.54) is 0 Å². The Balaban J connectivity index is 2.74. The Bertz CT molecular complexity index is 284. The predicted octanol–water partition coefficient (Wildman–Crippen LogP) is 2.70. The lowest BCUT2D eigenvalue weighted by Crippen LogP contribution is -2.28. The maximum absolute atomic E-state index is 5.66. The summed E-state index contributed by atoms with van der Waals surface area (Å²) < 4.78 is 0. The van der Waals surface area contributed by atoms with Gasteiger partial charge in [-0.25, -0.2) is 4.98 Å². The molecule has 0 N–H and O–H groups in total. The summed E-state index contributed by atoms with van der Waals surface area (Å²) in [5.74, 6) is 1.98. The van der Waals surface area contributed by atoms with Gasteiger partial charge in [0.1, 0.15) is 5.82 Å². The molecule has 0 unspecified atom stereocenters. The summed E-state index contributed by atoms with van der Waals surface area (Å²) in [6.07, 6.45) is 3.54. The van der Waals surface area contributed by atoms with Crippen LogP contribution in [-0.4, -0.2) is 23.1 Å². The summed E-state index contributed by atoms with van der Waals surface area (Å²) in [5, 5.41) is 0. The Morgan fingerprint density at radius 3 is 2.47 bits per heavy atom. The van der Waals surface area contributed by atoms with E-state index < -0.39 is 0 Å². The Kier molecular flexibility index (Phi) is 4.82. The number of alkyl halides is 1. The molecule has 0 saturated heterocycles. The molecule has 0 fully saturated rings. The number of rotatable bonds is 5. The Morgan fingerprint density at radius 2 is 2.07 bits per heavy atom. The summed E-state index contributed by atoms with van der Waals surface area (Å²) in [4.78, 5) is 10.8. The first-order valence-electron chi connectivity index (χ1n) is 5.29. The fourth-order valence-electron chi connectivity index (χ4n) is 1.41. The van der Waals surface area contributed by atoms with Crippen LogP contribution in [0.2, 0.25) is 0 Å². The molecule has 0 aliphatic rings. The topological polar surface area (TPSA) is 29.0 Å². The molecule has 15 heavy (non-hydrogen) atoms. The van der Waals surface area contributed by atoms with Gasteiger partial charge in [-0.05, 0) is 12.8 Å². The van der Waals surface area contributed by atoms with Crippen LogP contribution in [-0.2, 0) is 5.88 Å². The molecule has 0 amide bonds. The van der Waals surface area contributed by atoms with Gasteiger partial charge < -0.3 is 4.90 Å². The van der Waals surface area contributed by atoms with E-state index in [9.17, 15) is 0 Å². The molecule has 0 saturated carbocycles. The van der Waals surface area contributed by atoms with Crippen LogP contribution in [0.15, 0.2) is 12.4 Å². The first kappa shape index (κ1) is 12.2. The highest BCUT2D eigenvalue weighted by molar-refractivity contribution is 6.16. The summed E-state index contributed by atoms with van der Waals surface area (Å²) >= 11 is 5.66. The van der Waals surface area contributed by atoms with Crippen molar-refractivity contribution in [2.75, 3.05) is 18.0 Å². The zero-order valence-electron chi connectivity index (χ0n) is 9.57. The number of anilines is 1. The van der Waals surface area contributed by atoms with Crippen molar-refractivity contribution >= 4 is 17.4 Å². The minimum Gasteiger partial charge on any atom is -0.355 e. The van der Waals surface area contributed by atoms with Gasteiger partial charge in [0.15, 0.2) is 0 Å². The molecule has 1 aromatic heterocycles. The van der Waals surface area contributed by atoms with Crippen molar-refractivity contribution in [2.24, 2.45) is 5.92 Å². The maximum atomic E-state index is 5.66. The minimum atomic E-state index is 0.420. The van der Waals surface area contributed by atoms with Gasteiger partial charge in [0, 0.05) is 13.1 Å². The second kappa shape index (κ2) is 5.91. The monoisotopic (exact) mass is 227 g/mol. The van der Waals surface area contributed by atoms with Gasteiger partial charge in [-0.1, -0.05) is 13.8 Å². The molecule has 0 bridgehead atoms. The Labute approximate surface area is 96.5 Å². The second-order valence-electron chi connectivity index (χ2n) is 3.93. The third-order valence-corrected chi connectivity index (χ3v) is 2.39. The third-order valence-electron chi connectivity index (χ3n) is 2.12. The summed E-state index contributed by atoms with van der Waals surface area (Å²) in [5.41, 5.74) is 0.820. The second-order valence-corrected chi connectivity index (χ2v) is 4.20. The first-order valence-corrected chi connectivity index (χ1v) is 5.82. The lowest BCUT2D eigenvalue weighted by Gasteiger charge is -2.23. The largest absolute Gasteiger partial charge is 0.355 e. The molecule has 0 aliphatic heterocycles. The van der Waals surface area contributed by atoms with Crippen LogP contribution in [0.1, 0.15) is 26.5 Å². The van der Waals surface area contributed by atoms with E-state index in [0.29, 0.717) is 11.8 Å². The molecule has 1 rings (SSSR count). The van der Waals surface area contributed by atoms with E-state index in [0.717, 1.165) is 24.6 Å². The lowest BCUT2D eigenvalue weighted by atomic mass is 10.2. The van der Waals surface area contributed by atoms with E-state index >= 15 is 0 Å². The van der Waals surface area contributed by atoms with Gasteiger partial charge in [0.25, 0.3) is 0 Å². The molecular weight excluding hydrogens is 210 g/mol. The van der Waals surface area contributed by atoms with Crippen LogP contribution in [0.25, 0.3) is 0 Å². The number of hydrogen-bond acceptors (Lipinski definition) is 3. The molecule has 3 nitrogen and oxygen atoms in total. The first-order chi connectivity index (χ1) is 7.17. The standard InChI is InChI=1S/C11H18ClN3/c1-4-15(8-9(2)3)11-7-13-10(5-12)6-14-11/h6-7,9H,4-5,8H2,1-3H3. The minimum absolute atomic E-state index is 0.420. The zero-order valence-corrected chi connectivity index (χ0v) is 10.3. The van der Waals surface area contributed by atoms with Crippen LogP contribution in [0.5, 0.6) is 0 Å². The smallest absolute Gasteiger partial charge is 0.147 e. The zero-order chi connectivity index (χ0) is 11.3. The molecule has 0 aromatic carbocycles. The SMILES string of the molecule is CCN(CC(C)C)c1cnc(CCl)cn1. The number of aromatic nitrogens is 2. The molecule has 0 spiro atoms. The highest BCUT2D eigenvalue weighted by Gasteiger charge is 2.07. The van der Waals surface area contributed by atoms with Crippen LogP contribution in [0.3, 0.4) is 0 Å². The van der Waals surface area contributed by atoms with E-state index in [4.69, 9.17) is 11.6 Å². The summed E-state index contributed by atoms with van der Waals surface area (Å²) in [6.45, 7) is 8.48. The molecule has 0 aliphatic carbocycles. The van der Waals surface area contributed by atoms with Gasteiger partial charge >= 0.3 is 0 Å². The van der Waals surface area contributed by atoms with Crippen molar-refractivity contribution in [3.05, 3.63) is 18.1 Å². The molecular formula is C11H18ClN3. The average Bonchev–Trinajstić information content (AvgIpc) is 2.26. The van der Waals surface area contributed by atoms with Gasteiger partial charge in [-0.2, -0.15) is 0 Å². The lowest BCUT2D eigenvalue weighted by molar-refractivity contribution is 0.613. The maximum Gasteiger partial charge on any atom is 0.147 e. The third kappa shape index (κ3) is 3.67. The number of halogens is 1. The number of hydrogen-bond donors (Lipinski definition) is 0. The van der Waals surface area contributed by atoms with Crippen molar-refractivity contribution in [3.8, 4) is 0 Å². The average molecular weight is 228 g/mol. The number of nitrogens with zero attached hydrogens (tertiary/aromatic N) is 3. The molecule has 0 atom stereocenters.